The summed E-state index contributed by atoms with van der Waals surface area (Å²) >= 11 is 0. The number of hydrogen-bond acceptors (Lipinski definition) is 4. The van der Waals surface area contributed by atoms with Gasteiger partial charge in [0.15, 0.2) is 6.61 Å². The van der Waals surface area contributed by atoms with Gasteiger partial charge in [0.25, 0.3) is 5.91 Å². The predicted molar refractivity (Wildman–Crippen MR) is 83.6 cm³/mol. The van der Waals surface area contributed by atoms with E-state index in [1.807, 2.05) is 0 Å². The maximum atomic E-state index is 12.4. The summed E-state index contributed by atoms with van der Waals surface area (Å²) < 4.78 is 10.5. The highest BCUT2D eigenvalue weighted by Crippen LogP contribution is 2.18. The van der Waals surface area contributed by atoms with Gasteiger partial charge in [-0.2, -0.15) is 0 Å². The van der Waals surface area contributed by atoms with Crippen LogP contribution in [0.25, 0.3) is 0 Å². The zero-order chi connectivity index (χ0) is 17.0. The lowest BCUT2D eigenvalue weighted by atomic mass is 10.1. The number of aliphatic carboxylic acids is 1. The van der Waals surface area contributed by atoms with Crippen LogP contribution in [0.2, 0.25) is 0 Å². The molecule has 0 bridgehead atoms. The summed E-state index contributed by atoms with van der Waals surface area (Å²) in [6.07, 6.45) is 0. The van der Waals surface area contributed by atoms with E-state index in [9.17, 15) is 9.59 Å². The monoisotopic (exact) mass is 317 g/mol. The number of amides is 1. The van der Waals surface area contributed by atoms with Crippen LogP contribution in [0.1, 0.15) is 27.4 Å². The molecule has 2 aromatic rings. The molecule has 2 rings (SSSR count). The van der Waals surface area contributed by atoms with Crippen LogP contribution in [-0.2, 0) is 11.3 Å². The molecular weight excluding hydrogens is 298 g/mol. The van der Waals surface area contributed by atoms with Crippen LogP contribution in [0.4, 0.5) is 0 Å². The second-order valence-corrected chi connectivity index (χ2v) is 5.31. The molecule has 0 aliphatic carbocycles. The fourth-order valence-electron chi connectivity index (χ4n) is 2.23. The highest BCUT2D eigenvalue weighted by molar-refractivity contribution is 5.95. The number of rotatable bonds is 6. The van der Waals surface area contributed by atoms with Gasteiger partial charge in [-0.1, -0.05) is 12.1 Å². The van der Waals surface area contributed by atoms with E-state index in [1.165, 1.54) is 0 Å². The Balaban J connectivity index is 1.99. The topological polar surface area (TPSA) is 80.0 Å². The Labute approximate surface area is 134 Å². The first-order valence-electron chi connectivity index (χ1n) is 7.13. The molecule has 0 spiro atoms. The van der Waals surface area contributed by atoms with Gasteiger partial charge in [-0.3, -0.25) is 4.79 Å². The van der Waals surface area contributed by atoms with Crippen molar-refractivity contribution >= 4 is 11.9 Å². The van der Waals surface area contributed by atoms with E-state index in [-0.39, 0.29) is 12.5 Å². The quantitative estimate of drug-likeness (QED) is 0.886. The first-order chi connectivity index (χ1) is 10.9. The number of carboxylic acids is 1. The molecule has 0 unspecified atom stereocenters. The zero-order valence-corrected chi connectivity index (χ0v) is 13.3. The van der Waals surface area contributed by atoms with E-state index < -0.39 is 5.97 Å². The van der Waals surface area contributed by atoms with Gasteiger partial charge in [-0.15, -0.1) is 0 Å². The van der Waals surface area contributed by atoms with E-state index in [0.717, 1.165) is 5.56 Å². The number of aryl methyl sites for hydroxylation is 2. The van der Waals surface area contributed by atoms with Gasteiger partial charge < -0.3 is 19.2 Å². The maximum Gasteiger partial charge on any atom is 0.341 e. The van der Waals surface area contributed by atoms with Crippen LogP contribution in [0.15, 0.2) is 34.7 Å². The lowest BCUT2D eigenvalue weighted by Crippen LogP contribution is -2.26. The van der Waals surface area contributed by atoms with Gasteiger partial charge in [0.1, 0.15) is 17.3 Å². The van der Waals surface area contributed by atoms with Gasteiger partial charge in [0, 0.05) is 13.6 Å². The number of nitrogens with zero attached hydrogens (tertiary/aromatic N) is 1. The second kappa shape index (κ2) is 7.00. The molecule has 6 heteroatoms. The fourth-order valence-corrected chi connectivity index (χ4v) is 2.23. The third-order valence-corrected chi connectivity index (χ3v) is 3.32. The van der Waals surface area contributed by atoms with Crippen molar-refractivity contribution in [2.45, 2.75) is 20.4 Å². The molecule has 0 fully saturated rings. The summed E-state index contributed by atoms with van der Waals surface area (Å²) in [6, 6.07) is 8.70. The normalized spacial score (nSPS) is 10.4. The second-order valence-electron chi connectivity index (χ2n) is 5.31. The standard InChI is InChI=1S/C17H19NO5/c1-11-8-15(12(2)23-11)17(21)18(3)9-13-4-6-14(7-5-13)22-10-16(19)20/h4-8H,9-10H2,1-3H3,(H,19,20). The number of furan rings is 1. The van der Waals surface area contributed by atoms with Crippen LogP contribution < -0.4 is 4.74 Å². The van der Waals surface area contributed by atoms with Crippen molar-refractivity contribution in [3.8, 4) is 5.75 Å². The lowest BCUT2D eigenvalue weighted by Gasteiger charge is -2.17. The van der Waals surface area contributed by atoms with E-state index in [4.69, 9.17) is 14.3 Å². The highest BCUT2D eigenvalue weighted by atomic mass is 16.5. The Bertz CT molecular complexity index is 702. The number of hydrogen-bond donors (Lipinski definition) is 1. The van der Waals surface area contributed by atoms with Crippen LogP contribution in [-0.4, -0.2) is 35.5 Å². The van der Waals surface area contributed by atoms with Gasteiger partial charge >= 0.3 is 5.97 Å². The van der Waals surface area contributed by atoms with Crippen molar-refractivity contribution in [2.24, 2.45) is 0 Å². The smallest absolute Gasteiger partial charge is 0.341 e. The minimum atomic E-state index is -1.02. The zero-order valence-electron chi connectivity index (χ0n) is 13.3. The average molecular weight is 317 g/mol. The number of carbonyl (C=O) groups excluding carboxylic acids is 1. The molecule has 0 saturated heterocycles. The van der Waals surface area contributed by atoms with E-state index in [2.05, 4.69) is 0 Å². The summed E-state index contributed by atoms with van der Waals surface area (Å²) in [7, 11) is 1.72. The summed E-state index contributed by atoms with van der Waals surface area (Å²) in [4.78, 5) is 24.5. The molecule has 1 amide bonds. The minimum Gasteiger partial charge on any atom is -0.482 e. The molecule has 23 heavy (non-hydrogen) atoms. The van der Waals surface area contributed by atoms with Crippen LogP contribution in [0.3, 0.4) is 0 Å². The van der Waals surface area contributed by atoms with E-state index in [1.54, 1.807) is 56.1 Å². The van der Waals surface area contributed by atoms with E-state index >= 15 is 0 Å². The van der Waals surface area contributed by atoms with Crippen molar-refractivity contribution in [1.29, 1.82) is 0 Å². The summed E-state index contributed by atoms with van der Waals surface area (Å²) in [5.41, 5.74) is 1.48. The Morgan fingerprint density at radius 1 is 1.22 bits per heavy atom. The Morgan fingerprint density at radius 2 is 1.87 bits per heavy atom. The fraction of sp³-hybridized carbons (Fsp3) is 0.294. The molecule has 0 radical (unpaired) electrons. The maximum absolute atomic E-state index is 12.4. The molecule has 0 atom stereocenters. The molecule has 1 N–H and O–H groups in total. The molecule has 6 nitrogen and oxygen atoms in total. The molecule has 1 heterocycles. The van der Waals surface area contributed by atoms with Crippen molar-refractivity contribution in [1.82, 2.24) is 4.90 Å². The van der Waals surface area contributed by atoms with Crippen molar-refractivity contribution in [3.63, 3.8) is 0 Å². The molecule has 122 valence electrons. The molecule has 0 saturated carbocycles. The SMILES string of the molecule is Cc1cc(C(=O)N(C)Cc2ccc(OCC(=O)O)cc2)c(C)o1. The van der Waals surface area contributed by atoms with E-state index in [0.29, 0.717) is 29.4 Å². The van der Waals surface area contributed by atoms with Gasteiger partial charge in [-0.05, 0) is 37.6 Å². The number of carbonyl (C=O) groups is 2. The minimum absolute atomic E-state index is 0.106. The van der Waals surface area contributed by atoms with Gasteiger partial charge in [0.05, 0.1) is 5.56 Å². The molecule has 0 aliphatic rings. The largest absolute Gasteiger partial charge is 0.482 e. The number of ether oxygens (including phenoxy) is 1. The van der Waals surface area contributed by atoms with Crippen molar-refractivity contribution < 1.29 is 23.8 Å². The van der Waals surface area contributed by atoms with Gasteiger partial charge in [0.2, 0.25) is 0 Å². The lowest BCUT2D eigenvalue weighted by molar-refractivity contribution is -0.139. The van der Waals surface area contributed by atoms with Crippen LogP contribution >= 0.6 is 0 Å². The molecule has 1 aromatic heterocycles. The predicted octanol–water partition coefficient (Wildman–Crippen LogP) is 2.63. The van der Waals surface area contributed by atoms with Crippen LogP contribution in [0.5, 0.6) is 5.75 Å². The number of carboxylic acid groups (broad SMARTS) is 1. The molecular formula is C17H19NO5. The molecule has 0 aliphatic heterocycles. The van der Waals surface area contributed by atoms with Crippen molar-refractivity contribution in [3.05, 3.63) is 53.0 Å². The van der Waals surface area contributed by atoms with Gasteiger partial charge in [-0.25, -0.2) is 4.79 Å². The Kier molecular flexibility index (Phi) is 5.05. The van der Waals surface area contributed by atoms with Crippen LogP contribution in [0, 0.1) is 13.8 Å². The third kappa shape index (κ3) is 4.35. The van der Waals surface area contributed by atoms with Crippen molar-refractivity contribution in [2.75, 3.05) is 13.7 Å². The summed E-state index contributed by atoms with van der Waals surface area (Å²) in [5, 5.41) is 8.56. The Morgan fingerprint density at radius 3 is 2.39 bits per heavy atom. The number of benzene rings is 1. The Hall–Kier alpha value is -2.76. The first kappa shape index (κ1) is 16.6. The first-order valence-corrected chi connectivity index (χ1v) is 7.13. The summed E-state index contributed by atoms with van der Waals surface area (Å²) in [6.45, 7) is 3.63. The average Bonchev–Trinajstić information content (AvgIpc) is 2.84. The third-order valence-electron chi connectivity index (χ3n) is 3.32. The molecule has 1 aromatic carbocycles. The summed E-state index contributed by atoms with van der Waals surface area (Å²) in [5.74, 6) is 0.665. The highest BCUT2D eigenvalue weighted by Gasteiger charge is 2.17.